The summed E-state index contributed by atoms with van der Waals surface area (Å²) in [4.78, 5) is 24.3. The fourth-order valence-corrected chi connectivity index (χ4v) is 5.88. The smallest absolute Gasteiger partial charge is 0.356 e. The van der Waals surface area contributed by atoms with Crippen LogP contribution < -0.4 is 10.1 Å². The molecule has 11 nitrogen and oxygen atoms in total. The highest BCUT2D eigenvalue weighted by Gasteiger charge is 2.32. The molecule has 2 heterocycles. The molecule has 0 unspecified atom stereocenters. The number of carboxylic acid groups (broad SMARTS) is 1. The van der Waals surface area contributed by atoms with Crippen LogP contribution in [0.2, 0.25) is 0 Å². The Labute approximate surface area is 239 Å². The molecule has 14 heteroatoms. The number of ether oxygens (including phenoxy) is 2. The number of hydrogen-bond acceptors (Lipinski definition) is 7. The largest absolute Gasteiger partial charge is 0.476 e. The van der Waals surface area contributed by atoms with Crippen molar-refractivity contribution < 1.29 is 41.4 Å². The van der Waals surface area contributed by atoms with E-state index in [1.807, 2.05) is 0 Å². The van der Waals surface area contributed by atoms with E-state index < -0.39 is 33.5 Å². The highest BCUT2D eigenvalue weighted by Crippen LogP contribution is 2.37. The second-order valence-electron chi connectivity index (χ2n) is 9.19. The van der Waals surface area contributed by atoms with E-state index in [0.29, 0.717) is 0 Å². The SMILES string of the molecule is Cc1c(C(=O)O)nn(-c2cccc(F)c2)c1Oc1ccc(NC(=O)c2ccccc2F)cc1S(=O)(=O)N1CCOCC1. The first-order valence-corrected chi connectivity index (χ1v) is 14.0. The Morgan fingerprint density at radius 1 is 1.02 bits per heavy atom. The van der Waals surface area contributed by atoms with E-state index in [-0.39, 0.29) is 71.0 Å². The number of anilines is 1. The Hall–Kier alpha value is -4.66. The third-order valence-electron chi connectivity index (χ3n) is 6.44. The summed E-state index contributed by atoms with van der Waals surface area (Å²) in [7, 11) is -4.25. The Balaban J connectivity index is 1.61. The average molecular weight is 599 g/mol. The number of rotatable bonds is 8. The second-order valence-corrected chi connectivity index (χ2v) is 11.1. The van der Waals surface area contributed by atoms with Gasteiger partial charge in [0.2, 0.25) is 15.9 Å². The predicted octanol–water partition coefficient (Wildman–Crippen LogP) is 4.22. The minimum Gasteiger partial charge on any atom is -0.476 e. The van der Waals surface area contributed by atoms with E-state index in [0.717, 1.165) is 22.9 Å². The number of amides is 1. The molecule has 5 rings (SSSR count). The van der Waals surface area contributed by atoms with Gasteiger partial charge in [0.15, 0.2) is 5.69 Å². The molecule has 42 heavy (non-hydrogen) atoms. The van der Waals surface area contributed by atoms with Gasteiger partial charge in [0.1, 0.15) is 22.3 Å². The number of carboxylic acids is 1. The Morgan fingerprint density at radius 2 is 1.76 bits per heavy atom. The van der Waals surface area contributed by atoms with E-state index in [1.54, 1.807) is 0 Å². The first kappa shape index (κ1) is 28.9. The lowest BCUT2D eigenvalue weighted by Crippen LogP contribution is -2.40. The van der Waals surface area contributed by atoms with E-state index >= 15 is 0 Å². The summed E-state index contributed by atoms with van der Waals surface area (Å²) in [5.74, 6) is -3.94. The highest BCUT2D eigenvalue weighted by atomic mass is 32.2. The molecule has 0 radical (unpaired) electrons. The van der Waals surface area contributed by atoms with Gasteiger partial charge in [-0.15, -0.1) is 0 Å². The highest BCUT2D eigenvalue weighted by molar-refractivity contribution is 7.89. The number of aromatic carboxylic acids is 1. The number of carbonyl (C=O) groups is 2. The predicted molar refractivity (Wildman–Crippen MR) is 146 cm³/mol. The van der Waals surface area contributed by atoms with Crippen molar-refractivity contribution in [1.29, 1.82) is 0 Å². The summed E-state index contributed by atoms with van der Waals surface area (Å²) in [5, 5.41) is 16.2. The van der Waals surface area contributed by atoms with E-state index in [9.17, 15) is 31.9 Å². The standard InChI is InChI=1S/C28H24F2N4O7S/c1-17-25(28(36)37)32-34(20-6-4-5-18(29)15-20)27(17)41-23-10-9-19(31-26(35)21-7-2-3-8-22(21)30)16-24(23)42(38,39)33-11-13-40-14-12-33/h2-10,15-16H,11-14H2,1H3,(H,31,35)(H,36,37). The van der Waals surface area contributed by atoms with Gasteiger partial charge in [-0.3, -0.25) is 4.79 Å². The zero-order valence-electron chi connectivity index (χ0n) is 22.1. The van der Waals surface area contributed by atoms with Crippen molar-refractivity contribution in [3.05, 3.63) is 95.2 Å². The van der Waals surface area contributed by atoms with Crippen molar-refractivity contribution in [1.82, 2.24) is 14.1 Å². The Bertz CT molecular complexity index is 1790. The molecule has 4 aromatic rings. The molecule has 1 aliphatic rings. The minimum atomic E-state index is -4.25. The Kier molecular flexibility index (Phi) is 8.02. The number of halogens is 2. The zero-order valence-corrected chi connectivity index (χ0v) is 22.9. The molecule has 1 amide bonds. The number of morpholine rings is 1. The van der Waals surface area contributed by atoms with Crippen LogP contribution in [0, 0.1) is 18.6 Å². The molecule has 0 spiro atoms. The van der Waals surface area contributed by atoms with Gasteiger partial charge in [-0.25, -0.2) is 22.0 Å². The van der Waals surface area contributed by atoms with Crippen LogP contribution in [-0.2, 0) is 14.8 Å². The number of hydrogen-bond donors (Lipinski definition) is 2. The number of sulfonamides is 1. The van der Waals surface area contributed by atoms with Crippen molar-refractivity contribution in [3.63, 3.8) is 0 Å². The van der Waals surface area contributed by atoms with Gasteiger partial charge in [0.25, 0.3) is 5.91 Å². The topological polar surface area (TPSA) is 140 Å². The van der Waals surface area contributed by atoms with Crippen LogP contribution in [0.1, 0.15) is 26.4 Å². The zero-order chi connectivity index (χ0) is 30.0. The summed E-state index contributed by atoms with van der Waals surface area (Å²) in [6.07, 6.45) is 0. The van der Waals surface area contributed by atoms with Crippen LogP contribution in [0.3, 0.4) is 0 Å². The van der Waals surface area contributed by atoms with Crippen LogP contribution in [0.15, 0.2) is 71.6 Å². The number of carbonyl (C=O) groups excluding carboxylic acids is 1. The van der Waals surface area contributed by atoms with Crippen molar-refractivity contribution in [2.45, 2.75) is 11.8 Å². The number of benzene rings is 3. The third kappa shape index (κ3) is 5.72. The van der Waals surface area contributed by atoms with Crippen molar-refractivity contribution in [2.24, 2.45) is 0 Å². The van der Waals surface area contributed by atoms with E-state index in [1.165, 1.54) is 59.8 Å². The van der Waals surface area contributed by atoms with Crippen molar-refractivity contribution >= 4 is 27.6 Å². The summed E-state index contributed by atoms with van der Waals surface area (Å²) in [5.41, 5.74) is -0.416. The average Bonchev–Trinajstić information content (AvgIpc) is 3.30. The fourth-order valence-electron chi connectivity index (χ4n) is 4.33. The van der Waals surface area contributed by atoms with Gasteiger partial charge < -0.3 is 19.9 Å². The van der Waals surface area contributed by atoms with Gasteiger partial charge in [-0.05, 0) is 55.5 Å². The maximum Gasteiger partial charge on any atom is 0.356 e. The lowest BCUT2D eigenvalue weighted by atomic mass is 10.2. The van der Waals surface area contributed by atoms with E-state index in [2.05, 4.69) is 10.4 Å². The van der Waals surface area contributed by atoms with Gasteiger partial charge in [0.05, 0.1) is 24.5 Å². The maximum absolute atomic E-state index is 14.2. The number of aromatic nitrogens is 2. The molecule has 1 aromatic heterocycles. The lowest BCUT2D eigenvalue weighted by Gasteiger charge is -2.27. The number of nitrogens with zero attached hydrogens (tertiary/aromatic N) is 3. The first-order chi connectivity index (χ1) is 20.1. The van der Waals surface area contributed by atoms with Gasteiger partial charge in [-0.1, -0.05) is 18.2 Å². The molecule has 218 valence electrons. The molecular weight excluding hydrogens is 574 g/mol. The van der Waals surface area contributed by atoms with Crippen LogP contribution in [0.25, 0.3) is 5.69 Å². The number of nitrogens with one attached hydrogen (secondary N) is 1. The van der Waals surface area contributed by atoms with Crippen molar-refractivity contribution in [3.8, 4) is 17.3 Å². The Morgan fingerprint density at radius 3 is 2.45 bits per heavy atom. The van der Waals surface area contributed by atoms with Gasteiger partial charge in [-0.2, -0.15) is 14.1 Å². The minimum absolute atomic E-state index is 0.0315. The van der Waals surface area contributed by atoms with Gasteiger partial charge in [0, 0.05) is 24.3 Å². The molecule has 3 aromatic carbocycles. The third-order valence-corrected chi connectivity index (χ3v) is 8.36. The molecular formula is C28H24F2N4O7S. The quantitative estimate of drug-likeness (QED) is 0.307. The van der Waals surface area contributed by atoms with Crippen molar-refractivity contribution in [2.75, 3.05) is 31.6 Å². The summed E-state index contributed by atoms with van der Waals surface area (Å²) in [6, 6.07) is 14.3. The molecule has 1 saturated heterocycles. The summed E-state index contributed by atoms with van der Waals surface area (Å²) < 4.78 is 69.4. The molecule has 1 aliphatic heterocycles. The molecule has 0 saturated carbocycles. The molecule has 0 atom stereocenters. The molecule has 0 aliphatic carbocycles. The molecule has 1 fully saturated rings. The van der Waals surface area contributed by atoms with Crippen LogP contribution >= 0.6 is 0 Å². The normalized spacial score (nSPS) is 14.0. The van der Waals surface area contributed by atoms with Gasteiger partial charge >= 0.3 is 5.97 Å². The molecule has 0 bridgehead atoms. The van der Waals surface area contributed by atoms with Crippen LogP contribution in [-0.4, -0.2) is 65.8 Å². The lowest BCUT2D eigenvalue weighted by molar-refractivity contribution is 0.0689. The molecule has 2 N–H and O–H groups in total. The monoisotopic (exact) mass is 598 g/mol. The van der Waals surface area contributed by atoms with Crippen LogP contribution in [0.4, 0.5) is 14.5 Å². The maximum atomic E-state index is 14.2. The second kappa shape index (κ2) is 11.7. The van der Waals surface area contributed by atoms with E-state index in [4.69, 9.17) is 9.47 Å². The first-order valence-electron chi connectivity index (χ1n) is 12.6. The summed E-state index contributed by atoms with van der Waals surface area (Å²) in [6.45, 7) is 1.84. The van der Waals surface area contributed by atoms with Crippen LogP contribution in [0.5, 0.6) is 11.6 Å². The summed E-state index contributed by atoms with van der Waals surface area (Å²) >= 11 is 0. The fraction of sp³-hybridized carbons (Fsp3) is 0.179.